The van der Waals surface area contributed by atoms with Gasteiger partial charge in [-0.15, -0.1) is 0 Å². The molecule has 1 aliphatic heterocycles. The van der Waals surface area contributed by atoms with Gasteiger partial charge in [-0.1, -0.05) is 6.07 Å². The van der Waals surface area contributed by atoms with Gasteiger partial charge in [0.25, 0.3) is 5.91 Å². The van der Waals surface area contributed by atoms with E-state index >= 15 is 0 Å². The Balaban J connectivity index is 2.12. The third-order valence-electron chi connectivity index (χ3n) is 4.64. The molecule has 0 radical (unpaired) electrons. The van der Waals surface area contributed by atoms with Crippen LogP contribution in [0.2, 0.25) is 0 Å². The maximum absolute atomic E-state index is 13.0. The van der Waals surface area contributed by atoms with Crippen molar-refractivity contribution in [3.63, 3.8) is 0 Å². The molecule has 1 aromatic carbocycles. The summed E-state index contributed by atoms with van der Waals surface area (Å²) in [4.78, 5) is 25.4. The molecular weight excluding hydrogens is 412 g/mol. The van der Waals surface area contributed by atoms with Gasteiger partial charge in [0, 0.05) is 32.3 Å². The van der Waals surface area contributed by atoms with Crippen LogP contribution in [0.1, 0.15) is 19.4 Å². The fraction of sp³-hybridized carbons (Fsp3) is 0.500. The minimum atomic E-state index is -3.77. The lowest BCUT2D eigenvalue weighted by Gasteiger charge is -2.26. The Kier molecular flexibility index (Phi) is 8.82. The van der Waals surface area contributed by atoms with Crippen LogP contribution in [0, 0.1) is 0 Å². The molecule has 30 heavy (non-hydrogen) atoms. The quantitative estimate of drug-likeness (QED) is 0.419. The lowest BCUT2D eigenvalue weighted by Crippen LogP contribution is -2.40. The van der Waals surface area contributed by atoms with Crippen molar-refractivity contribution in [1.82, 2.24) is 9.21 Å². The average molecular weight is 441 g/mol. The first-order valence-corrected chi connectivity index (χ1v) is 11.2. The maximum atomic E-state index is 13.0. The highest BCUT2D eigenvalue weighted by Crippen LogP contribution is 2.28. The number of carbonyl (C=O) groups excluding carboxylic acids is 2. The van der Waals surface area contributed by atoms with Gasteiger partial charge in [0.15, 0.2) is 6.61 Å². The number of likely N-dealkylation sites (N-methyl/N-ethyl adjacent to an activating group) is 1. The van der Waals surface area contributed by atoms with E-state index in [1.807, 2.05) is 13.8 Å². The monoisotopic (exact) mass is 440 g/mol. The van der Waals surface area contributed by atoms with E-state index < -0.39 is 16.0 Å². The lowest BCUT2D eigenvalue weighted by molar-refractivity contribution is -0.147. The first kappa shape index (κ1) is 23.8. The number of ether oxygens (including phenoxy) is 3. The molecule has 2 rings (SSSR count). The van der Waals surface area contributed by atoms with Crippen LogP contribution in [-0.2, 0) is 29.1 Å². The Bertz CT molecular complexity index is 873. The molecule has 1 aliphatic rings. The van der Waals surface area contributed by atoms with Crippen molar-refractivity contribution in [2.75, 3.05) is 53.1 Å². The molecule has 9 nitrogen and oxygen atoms in total. The summed E-state index contributed by atoms with van der Waals surface area (Å²) in [5.74, 6) is -0.750. The van der Waals surface area contributed by atoms with Gasteiger partial charge in [0.1, 0.15) is 10.6 Å². The standard InChI is InChI=1S/C20H28N2O7S/c1-4-21(5-2)19(23)15-29-20(24)9-7-16-6-8-17(27-3)18(14-16)30(25,26)22-10-12-28-13-11-22/h6-9,14H,4-5,10-13,15H2,1-3H3/b9-7+. The van der Waals surface area contributed by atoms with Crippen LogP contribution < -0.4 is 4.74 Å². The molecule has 0 spiro atoms. The van der Waals surface area contributed by atoms with Crippen LogP contribution in [0.5, 0.6) is 5.75 Å². The van der Waals surface area contributed by atoms with Crippen LogP contribution in [0.25, 0.3) is 6.08 Å². The summed E-state index contributed by atoms with van der Waals surface area (Å²) in [6.07, 6.45) is 2.59. The summed E-state index contributed by atoms with van der Waals surface area (Å²) in [6, 6.07) is 4.60. The molecule has 1 amide bonds. The minimum Gasteiger partial charge on any atom is -0.495 e. The van der Waals surface area contributed by atoms with Crippen molar-refractivity contribution in [1.29, 1.82) is 0 Å². The molecule has 1 heterocycles. The number of benzene rings is 1. The van der Waals surface area contributed by atoms with E-state index in [1.165, 1.54) is 29.6 Å². The molecule has 1 aromatic rings. The van der Waals surface area contributed by atoms with E-state index in [0.29, 0.717) is 31.9 Å². The SMILES string of the molecule is CCN(CC)C(=O)COC(=O)/C=C/c1ccc(OC)c(S(=O)(=O)N2CCOCC2)c1. The molecular formula is C20H28N2O7S. The topological polar surface area (TPSA) is 102 Å². The number of amides is 1. The zero-order valence-corrected chi connectivity index (χ0v) is 18.3. The van der Waals surface area contributed by atoms with Crippen molar-refractivity contribution in [2.45, 2.75) is 18.7 Å². The molecule has 0 aromatic heterocycles. The Morgan fingerprint density at radius 3 is 2.47 bits per heavy atom. The van der Waals surface area contributed by atoms with Gasteiger partial charge in [-0.3, -0.25) is 4.79 Å². The molecule has 166 valence electrons. The highest BCUT2D eigenvalue weighted by molar-refractivity contribution is 7.89. The van der Waals surface area contributed by atoms with Gasteiger partial charge in [0.05, 0.1) is 20.3 Å². The van der Waals surface area contributed by atoms with E-state index in [-0.39, 0.29) is 36.2 Å². The van der Waals surface area contributed by atoms with Crippen LogP contribution in [0.4, 0.5) is 0 Å². The lowest BCUT2D eigenvalue weighted by atomic mass is 10.2. The summed E-state index contributed by atoms with van der Waals surface area (Å²) in [5, 5.41) is 0. The fourth-order valence-electron chi connectivity index (χ4n) is 2.94. The predicted molar refractivity (Wildman–Crippen MR) is 110 cm³/mol. The average Bonchev–Trinajstić information content (AvgIpc) is 2.77. The second kappa shape index (κ2) is 11.1. The second-order valence-electron chi connectivity index (χ2n) is 6.43. The van der Waals surface area contributed by atoms with Crippen molar-refractivity contribution in [3.8, 4) is 5.75 Å². The molecule has 0 atom stereocenters. The summed E-state index contributed by atoms with van der Waals surface area (Å²) < 4.78 is 42.7. The molecule has 1 saturated heterocycles. The normalized spacial score (nSPS) is 15.2. The molecule has 0 bridgehead atoms. The molecule has 0 aliphatic carbocycles. The fourth-order valence-corrected chi connectivity index (χ4v) is 4.54. The Morgan fingerprint density at radius 2 is 1.87 bits per heavy atom. The number of rotatable bonds is 9. The van der Waals surface area contributed by atoms with Crippen molar-refractivity contribution in [3.05, 3.63) is 29.8 Å². The maximum Gasteiger partial charge on any atom is 0.331 e. The summed E-state index contributed by atoms with van der Waals surface area (Å²) in [6.45, 7) is 5.61. The molecule has 0 N–H and O–H groups in total. The van der Waals surface area contributed by atoms with Crippen LogP contribution in [-0.4, -0.2) is 82.6 Å². The number of morpholine rings is 1. The minimum absolute atomic E-state index is 0.0131. The summed E-state index contributed by atoms with van der Waals surface area (Å²) >= 11 is 0. The Labute approximate surface area is 177 Å². The number of hydrogen-bond donors (Lipinski definition) is 0. The molecule has 1 fully saturated rings. The Morgan fingerprint density at radius 1 is 1.20 bits per heavy atom. The van der Waals surface area contributed by atoms with Crippen molar-refractivity contribution < 1.29 is 32.2 Å². The number of carbonyl (C=O) groups is 2. The van der Waals surface area contributed by atoms with Crippen LogP contribution in [0.3, 0.4) is 0 Å². The first-order valence-electron chi connectivity index (χ1n) is 9.72. The van der Waals surface area contributed by atoms with E-state index in [4.69, 9.17) is 14.2 Å². The van der Waals surface area contributed by atoms with Gasteiger partial charge < -0.3 is 19.1 Å². The molecule has 0 saturated carbocycles. The van der Waals surface area contributed by atoms with Gasteiger partial charge >= 0.3 is 5.97 Å². The van der Waals surface area contributed by atoms with Gasteiger partial charge in [-0.2, -0.15) is 4.31 Å². The molecule has 0 unspecified atom stereocenters. The van der Waals surface area contributed by atoms with E-state index in [2.05, 4.69) is 0 Å². The smallest absolute Gasteiger partial charge is 0.331 e. The number of esters is 1. The van der Waals surface area contributed by atoms with E-state index in [0.717, 1.165) is 6.08 Å². The largest absolute Gasteiger partial charge is 0.495 e. The number of hydrogen-bond acceptors (Lipinski definition) is 7. The number of methoxy groups -OCH3 is 1. The molecule has 10 heteroatoms. The van der Waals surface area contributed by atoms with Crippen LogP contribution in [0.15, 0.2) is 29.2 Å². The van der Waals surface area contributed by atoms with Gasteiger partial charge in [-0.25, -0.2) is 13.2 Å². The van der Waals surface area contributed by atoms with Gasteiger partial charge in [-0.05, 0) is 37.6 Å². The van der Waals surface area contributed by atoms with Crippen molar-refractivity contribution >= 4 is 28.0 Å². The highest BCUT2D eigenvalue weighted by atomic mass is 32.2. The third kappa shape index (κ3) is 6.04. The van der Waals surface area contributed by atoms with E-state index in [1.54, 1.807) is 11.0 Å². The third-order valence-corrected chi connectivity index (χ3v) is 6.56. The predicted octanol–water partition coefficient (Wildman–Crippen LogP) is 1.14. The number of nitrogens with zero attached hydrogens (tertiary/aromatic N) is 2. The zero-order valence-electron chi connectivity index (χ0n) is 17.5. The first-order chi connectivity index (χ1) is 14.3. The van der Waals surface area contributed by atoms with Crippen molar-refractivity contribution in [2.24, 2.45) is 0 Å². The van der Waals surface area contributed by atoms with Gasteiger partial charge in [0.2, 0.25) is 10.0 Å². The summed E-state index contributed by atoms with van der Waals surface area (Å²) in [7, 11) is -2.38. The van der Waals surface area contributed by atoms with Crippen LogP contribution >= 0.6 is 0 Å². The second-order valence-corrected chi connectivity index (χ2v) is 8.34. The zero-order chi connectivity index (χ0) is 22.1. The summed E-state index contributed by atoms with van der Waals surface area (Å²) in [5.41, 5.74) is 0.481. The Hall–Kier alpha value is -2.43. The number of sulfonamides is 1. The van der Waals surface area contributed by atoms with E-state index in [9.17, 15) is 18.0 Å². The highest BCUT2D eigenvalue weighted by Gasteiger charge is 2.29.